The summed E-state index contributed by atoms with van der Waals surface area (Å²) in [4.78, 5) is 22.3. The van der Waals surface area contributed by atoms with Crippen LogP contribution in [0.2, 0.25) is 36.3 Å². The molecule has 2 N–H and O–H groups in total. The molecule has 63 heavy (non-hydrogen) atoms. The van der Waals surface area contributed by atoms with Gasteiger partial charge in [-0.15, -0.1) is 0 Å². The number of hydrogen-bond acceptors (Lipinski definition) is 17. The summed E-state index contributed by atoms with van der Waals surface area (Å²) in [5.74, 6) is 0.724. The second-order valence-corrected chi connectivity index (χ2v) is 35.9. The number of aryl methyl sites for hydroxylation is 1. The van der Waals surface area contributed by atoms with Crippen LogP contribution in [0.5, 0.6) is 0 Å². The van der Waals surface area contributed by atoms with Crippen molar-refractivity contribution in [2.45, 2.75) is 146 Å². The third-order valence-electron chi connectivity index (χ3n) is 13.5. The van der Waals surface area contributed by atoms with Gasteiger partial charge < -0.3 is 33.6 Å². The Morgan fingerprint density at radius 2 is 1.49 bits per heavy atom. The summed E-state index contributed by atoms with van der Waals surface area (Å²) >= 11 is 9.10. The lowest BCUT2D eigenvalue weighted by molar-refractivity contribution is -0.0583. The smallest absolute Gasteiger partial charge is 0.386 e. The number of aliphatic hydroxyl groups is 1. The van der Waals surface area contributed by atoms with E-state index in [2.05, 4.69) is 117 Å². The van der Waals surface area contributed by atoms with Gasteiger partial charge >= 0.3 is 13.6 Å². The highest BCUT2D eigenvalue weighted by atomic mass is 32.7. The summed E-state index contributed by atoms with van der Waals surface area (Å²) in [6.45, 7) is 12.5. The number of imidazole rings is 1. The van der Waals surface area contributed by atoms with Gasteiger partial charge in [0.05, 0.1) is 45.3 Å². The fourth-order valence-electron chi connectivity index (χ4n) is 7.81. The molecule has 0 saturated carbocycles. The summed E-state index contributed by atoms with van der Waals surface area (Å²) in [7, 11) is -4.75. The Balaban J connectivity index is 1.19. The maximum atomic E-state index is 14.7. The van der Waals surface area contributed by atoms with E-state index >= 15 is 0 Å². The van der Waals surface area contributed by atoms with Crippen LogP contribution in [0, 0.1) is 0 Å². The number of anilines is 1. The molecule has 19 nitrogen and oxygen atoms in total. The van der Waals surface area contributed by atoms with Crippen molar-refractivity contribution < 1.29 is 51.0 Å². The molecular formula is C38H60N8O11P2S2Si2. The first-order valence-corrected chi connectivity index (χ1v) is 32.7. The highest BCUT2D eigenvalue weighted by molar-refractivity contribution is 8.44. The lowest BCUT2D eigenvalue weighted by Gasteiger charge is -2.41. The fourth-order valence-corrected chi connectivity index (χ4v) is 13.1. The van der Waals surface area contributed by atoms with Crippen LogP contribution in [0.4, 0.5) is 5.82 Å². The van der Waals surface area contributed by atoms with Gasteiger partial charge in [-0.25, -0.2) is 34.0 Å². The molecule has 2 unspecified atom stereocenters. The van der Waals surface area contributed by atoms with E-state index in [0.29, 0.717) is 28.7 Å². The molecule has 25 heteroatoms. The van der Waals surface area contributed by atoms with Crippen LogP contribution in [-0.4, -0.2) is 118 Å². The first-order valence-electron chi connectivity index (χ1n) is 21.2. The van der Waals surface area contributed by atoms with Gasteiger partial charge in [-0.3, -0.25) is 22.7 Å². The van der Waals surface area contributed by atoms with Crippen LogP contribution in [0.1, 0.15) is 71.7 Å². The molecule has 0 spiro atoms. The zero-order chi connectivity index (χ0) is 45.5. The Morgan fingerprint density at radius 1 is 0.841 bits per heavy atom. The Bertz CT molecular complexity index is 2430. The summed E-state index contributed by atoms with van der Waals surface area (Å²) < 4.78 is 85.6. The number of thiol groups is 2. The molecule has 4 aromatic rings. The van der Waals surface area contributed by atoms with Crippen LogP contribution in [0.25, 0.3) is 22.2 Å². The highest BCUT2D eigenvalue weighted by Gasteiger charge is 2.57. The molecule has 10 atom stereocenters. The van der Waals surface area contributed by atoms with E-state index in [1.165, 1.54) is 19.0 Å². The Hall–Kier alpha value is -1.80. The molecular weight excluding hydrogens is 927 g/mol. The minimum atomic E-state index is -4.34. The van der Waals surface area contributed by atoms with Gasteiger partial charge in [0.15, 0.2) is 26.4 Å². The van der Waals surface area contributed by atoms with Gasteiger partial charge in [0.25, 0.3) is 0 Å². The molecule has 0 radical (unpaired) electrons. The van der Waals surface area contributed by atoms with Crippen molar-refractivity contribution in [3.63, 3.8) is 0 Å². The molecule has 2 bridgehead atoms. The van der Waals surface area contributed by atoms with Gasteiger partial charge in [-0.05, 0) is 41.6 Å². The molecule has 0 aliphatic carbocycles. The first kappa shape index (κ1) is 47.7. The number of aromatic nitrogens is 7. The van der Waals surface area contributed by atoms with E-state index in [4.69, 9.17) is 41.7 Å². The van der Waals surface area contributed by atoms with Crippen molar-refractivity contribution in [1.29, 1.82) is 0 Å². The Labute approximate surface area is 379 Å². The third-order valence-corrected chi connectivity index (χ3v) is 26.2. The average Bonchev–Trinajstić information content (AvgIpc) is 3.91. The molecule has 8 rings (SSSR count). The molecule has 4 aliphatic heterocycles. The van der Waals surface area contributed by atoms with Crippen LogP contribution < -0.4 is 5.32 Å². The second kappa shape index (κ2) is 17.4. The first-order chi connectivity index (χ1) is 29.4. The molecule has 3 fully saturated rings. The van der Waals surface area contributed by atoms with E-state index in [-0.39, 0.29) is 29.9 Å². The van der Waals surface area contributed by atoms with Crippen molar-refractivity contribution in [2.75, 3.05) is 31.3 Å². The van der Waals surface area contributed by atoms with Gasteiger partial charge in [-0.2, -0.15) is 0 Å². The fraction of sp³-hybridized carbons (Fsp3) is 0.711. The second-order valence-electron chi connectivity index (χ2n) is 19.9. The minimum absolute atomic E-state index is 0.0590. The van der Waals surface area contributed by atoms with E-state index in [1.54, 1.807) is 4.57 Å². The van der Waals surface area contributed by atoms with E-state index in [9.17, 15) is 14.2 Å². The predicted octanol–water partition coefficient (Wildman–Crippen LogP) is 7.63. The zero-order valence-corrected chi connectivity index (χ0v) is 42.9. The van der Waals surface area contributed by atoms with E-state index < -0.39 is 79.1 Å². The summed E-state index contributed by atoms with van der Waals surface area (Å²) in [6, 6.07) is 0. The maximum absolute atomic E-state index is 14.7. The number of nitrogens with one attached hydrogen (secondary N) is 1. The minimum Gasteiger partial charge on any atom is -0.407 e. The number of fused-ring (bicyclic) bond motifs is 4. The van der Waals surface area contributed by atoms with E-state index in [1.807, 2.05) is 10.8 Å². The topological polar surface area (TPSA) is 215 Å². The molecule has 0 aromatic carbocycles. The zero-order valence-electron chi connectivity index (χ0n) is 37.3. The SMILES string of the molecule is CC(C)(C)[Si](C)(C)CO[C@H]1[C@H]2OP(=O)(S)OC[C@H]3O[C@@H](n4cc5c6c(ncnc64)NCCC5)[C@H](O[Si](C)(C)C(C)(C)C)[C@@H]3OP(=O)(S)OC[C@H]1O[C@H]2n1cnc2c(CO)ncnc21. The predicted molar refractivity (Wildman–Crippen MR) is 247 cm³/mol. The van der Waals surface area contributed by atoms with Crippen molar-refractivity contribution >= 4 is 82.5 Å². The van der Waals surface area contributed by atoms with Crippen LogP contribution in [-0.2, 0) is 58.9 Å². The Kier molecular flexibility index (Phi) is 13.2. The third kappa shape index (κ3) is 9.41. The molecule has 4 aliphatic rings. The van der Waals surface area contributed by atoms with Crippen LogP contribution in [0.3, 0.4) is 0 Å². The Morgan fingerprint density at radius 3 is 2.17 bits per heavy atom. The van der Waals surface area contributed by atoms with Gasteiger partial charge in [0, 0.05) is 19.0 Å². The average molecular weight is 987 g/mol. The quantitative estimate of drug-likeness (QED) is 0.0758. The van der Waals surface area contributed by atoms with Crippen molar-refractivity contribution in [3.05, 3.63) is 36.4 Å². The number of hydrogen-bond donors (Lipinski definition) is 4. The number of aliphatic hydroxyl groups excluding tert-OH is 1. The van der Waals surface area contributed by atoms with Crippen molar-refractivity contribution in [1.82, 2.24) is 34.1 Å². The summed E-state index contributed by atoms with van der Waals surface area (Å²) in [6.07, 6.45) is 0.152. The summed E-state index contributed by atoms with van der Waals surface area (Å²) in [5.41, 5.74) is 2.61. The normalized spacial score (nSPS) is 32.5. The largest absolute Gasteiger partial charge is 0.407 e. The van der Waals surface area contributed by atoms with Crippen LogP contribution >= 0.6 is 38.1 Å². The number of nitrogens with zero attached hydrogens (tertiary/aromatic N) is 7. The lowest BCUT2D eigenvalue weighted by atomic mass is 10.1. The lowest BCUT2D eigenvalue weighted by Crippen LogP contribution is -2.49. The molecule has 348 valence electrons. The summed E-state index contributed by atoms with van der Waals surface area (Å²) in [5, 5.41) is 14.0. The highest BCUT2D eigenvalue weighted by Crippen LogP contribution is 2.61. The van der Waals surface area contributed by atoms with Crippen molar-refractivity contribution in [2.24, 2.45) is 0 Å². The standard InChI is InChI=1S/C38H60N8O11P2S2Si2/c1-37(2,3)62(7,8)21-50-28-24-16-51-58(48,60)55-29-25(17-52-59(49,61)56-30(28)35(53-24)46-20-44-27-23(15-47)40-18-43-34(27)46)54-36(31(29)57-63(9,10)38(4,5)6)45-14-22-12-11-13-39-32-26(22)33(45)42-19-41-32/h14,18-20,24-25,28-31,35-36,47H,11-13,15-17,21H2,1-10H3,(H,48,60)(H,49,61)(H,39,41,42)/t24-,25-,28-,29-,30-,31-,35-,36-,58?,59?/m1/s1. The molecule has 0 amide bonds. The molecule has 8 heterocycles. The van der Waals surface area contributed by atoms with Crippen molar-refractivity contribution in [3.8, 4) is 0 Å². The van der Waals surface area contributed by atoms with Gasteiger partial charge in [-0.1, -0.05) is 79.1 Å². The van der Waals surface area contributed by atoms with Gasteiger partial charge in [0.2, 0.25) is 0 Å². The van der Waals surface area contributed by atoms with E-state index in [0.717, 1.165) is 36.2 Å². The molecule has 4 aromatic heterocycles. The monoisotopic (exact) mass is 986 g/mol. The number of rotatable bonds is 8. The van der Waals surface area contributed by atoms with Gasteiger partial charge in [0.1, 0.15) is 66.3 Å². The van der Waals surface area contributed by atoms with Crippen LogP contribution in [0.15, 0.2) is 25.2 Å². The maximum Gasteiger partial charge on any atom is 0.386 e. The number of ether oxygens (including phenoxy) is 3. The molecule has 3 saturated heterocycles.